The van der Waals surface area contributed by atoms with Crippen LogP contribution in [0.1, 0.15) is 0 Å². The van der Waals surface area contributed by atoms with Crippen LogP contribution >= 0.6 is 0 Å². The summed E-state index contributed by atoms with van der Waals surface area (Å²) in [5.41, 5.74) is 3.85. The number of rotatable bonds is 6. The molecule has 0 spiro atoms. The maximum atomic E-state index is 11.4. The third kappa shape index (κ3) is 4.15. The van der Waals surface area contributed by atoms with Gasteiger partial charge in [0.25, 0.3) is 0 Å². The quantitative estimate of drug-likeness (QED) is 0.351. The lowest BCUT2D eigenvalue weighted by Gasteiger charge is -2.28. The number of nitro benzene ring substituents is 1. The molecule has 1 saturated heterocycles. The number of fused-ring (bicyclic) bond motifs is 1. The average Bonchev–Trinajstić information content (AvgIpc) is 3.27. The van der Waals surface area contributed by atoms with E-state index in [4.69, 9.17) is 9.47 Å². The van der Waals surface area contributed by atoms with Crippen LogP contribution in [-0.2, 0) is 4.74 Å². The minimum atomic E-state index is -0.461. The first kappa shape index (κ1) is 20.7. The van der Waals surface area contributed by atoms with Crippen molar-refractivity contribution in [3.63, 3.8) is 0 Å². The molecule has 0 bridgehead atoms. The van der Waals surface area contributed by atoms with Crippen molar-refractivity contribution in [2.45, 2.75) is 0 Å². The van der Waals surface area contributed by atoms with Crippen molar-refractivity contribution in [1.29, 1.82) is 0 Å². The van der Waals surface area contributed by atoms with Gasteiger partial charge in [-0.05, 0) is 48.5 Å². The Morgan fingerprint density at radius 3 is 2.61 bits per heavy atom. The Labute approximate surface area is 189 Å². The average molecular weight is 446 g/mol. The van der Waals surface area contributed by atoms with E-state index in [9.17, 15) is 10.1 Å². The van der Waals surface area contributed by atoms with Gasteiger partial charge in [-0.1, -0.05) is 6.07 Å². The molecule has 1 fully saturated rings. The van der Waals surface area contributed by atoms with E-state index in [1.54, 1.807) is 16.6 Å². The van der Waals surface area contributed by atoms with E-state index in [1.165, 1.54) is 13.2 Å². The number of nitro groups is 1. The standard InChI is InChI=1S/C23H22N6O4/c1-32-21-10-5-16(15-20(21)29(30)31)19-3-2-4-22-25-23(26-28(19)22)24-17-6-8-18(9-7-17)27-11-13-33-14-12-27/h2-10,15H,11-14H2,1H3,(H,24,26). The molecule has 0 aliphatic carbocycles. The number of ether oxygens (including phenoxy) is 2. The molecule has 10 heteroatoms. The van der Waals surface area contributed by atoms with Crippen LogP contribution in [-0.4, -0.2) is 52.9 Å². The van der Waals surface area contributed by atoms with Crippen LogP contribution < -0.4 is 15.0 Å². The Morgan fingerprint density at radius 2 is 1.88 bits per heavy atom. The highest BCUT2D eigenvalue weighted by molar-refractivity contribution is 5.69. The summed E-state index contributed by atoms with van der Waals surface area (Å²) in [5, 5.41) is 19.2. The smallest absolute Gasteiger partial charge is 0.311 e. The van der Waals surface area contributed by atoms with Gasteiger partial charge in [0.2, 0.25) is 5.95 Å². The summed E-state index contributed by atoms with van der Waals surface area (Å²) in [6.45, 7) is 3.25. The lowest BCUT2D eigenvalue weighted by atomic mass is 10.1. The van der Waals surface area contributed by atoms with E-state index in [0.29, 0.717) is 22.9 Å². The molecule has 1 aliphatic rings. The van der Waals surface area contributed by atoms with Crippen LogP contribution in [0.15, 0.2) is 60.7 Å². The molecule has 0 unspecified atom stereocenters. The normalized spacial score (nSPS) is 13.8. The molecule has 33 heavy (non-hydrogen) atoms. The van der Waals surface area contributed by atoms with E-state index in [-0.39, 0.29) is 11.4 Å². The molecule has 168 valence electrons. The highest BCUT2D eigenvalue weighted by Crippen LogP contribution is 2.32. The van der Waals surface area contributed by atoms with Gasteiger partial charge in [-0.25, -0.2) is 4.52 Å². The first-order valence-electron chi connectivity index (χ1n) is 10.5. The van der Waals surface area contributed by atoms with Crippen LogP contribution in [0.5, 0.6) is 5.75 Å². The fraction of sp³-hybridized carbons (Fsp3) is 0.217. The summed E-state index contributed by atoms with van der Waals surface area (Å²) in [5.74, 6) is 0.641. The number of morpholine rings is 1. The van der Waals surface area contributed by atoms with Gasteiger partial charge in [-0.2, -0.15) is 4.98 Å². The summed E-state index contributed by atoms with van der Waals surface area (Å²) in [6, 6.07) is 18.4. The molecule has 0 atom stereocenters. The second-order valence-electron chi connectivity index (χ2n) is 7.53. The highest BCUT2D eigenvalue weighted by atomic mass is 16.6. The number of methoxy groups -OCH3 is 1. The number of hydrogen-bond donors (Lipinski definition) is 1. The first-order valence-corrected chi connectivity index (χ1v) is 10.5. The van der Waals surface area contributed by atoms with Gasteiger partial charge in [0, 0.05) is 36.1 Å². The number of pyridine rings is 1. The Kier molecular flexibility index (Phi) is 5.49. The van der Waals surface area contributed by atoms with Gasteiger partial charge in [-0.3, -0.25) is 10.1 Å². The summed E-state index contributed by atoms with van der Waals surface area (Å²) >= 11 is 0. The van der Waals surface area contributed by atoms with Gasteiger partial charge < -0.3 is 19.7 Å². The third-order valence-corrected chi connectivity index (χ3v) is 5.53. The molecule has 5 rings (SSSR count). The van der Waals surface area contributed by atoms with Crippen LogP contribution in [0, 0.1) is 10.1 Å². The SMILES string of the molecule is COc1ccc(-c2cccc3nc(Nc4ccc(N5CCOCC5)cc4)nn23)cc1[N+](=O)[O-]. The number of aromatic nitrogens is 3. The van der Waals surface area contributed by atoms with Crippen molar-refractivity contribution in [3.05, 3.63) is 70.8 Å². The fourth-order valence-electron chi connectivity index (χ4n) is 3.87. The van der Waals surface area contributed by atoms with E-state index >= 15 is 0 Å². The molecule has 3 heterocycles. The van der Waals surface area contributed by atoms with Crippen molar-refractivity contribution in [1.82, 2.24) is 14.6 Å². The molecule has 0 radical (unpaired) electrons. The summed E-state index contributed by atoms with van der Waals surface area (Å²) < 4.78 is 12.2. The zero-order valence-electron chi connectivity index (χ0n) is 18.0. The number of benzene rings is 2. The van der Waals surface area contributed by atoms with Crippen LogP contribution in [0.4, 0.5) is 23.0 Å². The number of nitrogens with zero attached hydrogens (tertiary/aromatic N) is 5. The van der Waals surface area contributed by atoms with E-state index in [0.717, 1.165) is 37.7 Å². The predicted molar refractivity (Wildman–Crippen MR) is 124 cm³/mol. The molecule has 0 amide bonds. The first-order chi connectivity index (χ1) is 16.1. The zero-order valence-corrected chi connectivity index (χ0v) is 18.0. The molecule has 2 aromatic heterocycles. The van der Waals surface area contributed by atoms with Crippen molar-refractivity contribution >= 4 is 28.7 Å². The molecule has 4 aromatic rings. The van der Waals surface area contributed by atoms with Gasteiger partial charge in [0.1, 0.15) is 0 Å². The largest absolute Gasteiger partial charge is 0.490 e. The molecular formula is C23H22N6O4. The minimum absolute atomic E-state index is 0.106. The van der Waals surface area contributed by atoms with Crippen molar-refractivity contribution < 1.29 is 14.4 Å². The maximum absolute atomic E-state index is 11.4. The summed E-state index contributed by atoms with van der Waals surface area (Å²) in [6.07, 6.45) is 0. The van der Waals surface area contributed by atoms with Gasteiger partial charge >= 0.3 is 5.69 Å². The Balaban J connectivity index is 1.42. The predicted octanol–water partition coefficient (Wildman–Crippen LogP) is 3.89. The third-order valence-electron chi connectivity index (χ3n) is 5.53. The minimum Gasteiger partial charge on any atom is -0.490 e. The molecule has 0 saturated carbocycles. The lowest BCUT2D eigenvalue weighted by molar-refractivity contribution is -0.385. The molecule has 10 nitrogen and oxygen atoms in total. The van der Waals surface area contributed by atoms with Crippen molar-refractivity contribution in [2.75, 3.05) is 43.6 Å². The van der Waals surface area contributed by atoms with Crippen molar-refractivity contribution in [2.24, 2.45) is 0 Å². The molecule has 1 N–H and O–H groups in total. The molecule has 1 aliphatic heterocycles. The summed E-state index contributed by atoms with van der Waals surface area (Å²) in [4.78, 5) is 17.8. The topological polar surface area (TPSA) is 107 Å². The second-order valence-corrected chi connectivity index (χ2v) is 7.53. The van der Waals surface area contributed by atoms with Crippen LogP contribution in [0.3, 0.4) is 0 Å². The molecular weight excluding hydrogens is 424 g/mol. The van der Waals surface area contributed by atoms with E-state index in [2.05, 4.69) is 32.4 Å². The highest BCUT2D eigenvalue weighted by Gasteiger charge is 2.18. The number of anilines is 3. The van der Waals surface area contributed by atoms with Gasteiger partial charge in [-0.15, -0.1) is 5.10 Å². The zero-order chi connectivity index (χ0) is 22.8. The van der Waals surface area contributed by atoms with Crippen LogP contribution in [0.25, 0.3) is 16.9 Å². The summed E-state index contributed by atoms with van der Waals surface area (Å²) in [7, 11) is 1.41. The fourth-order valence-corrected chi connectivity index (χ4v) is 3.87. The van der Waals surface area contributed by atoms with Crippen molar-refractivity contribution in [3.8, 4) is 17.0 Å². The Morgan fingerprint density at radius 1 is 1.09 bits per heavy atom. The van der Waals surface area contributed by atoms with E-state index < -0.39 is 4.92 Å². The molecule has 2 aromatic carbocycles. The monoisotopic (exact) mass is 446 g/mol. The number of hydrogen-bond acceptors (Lipinski definition) is 8. The van der Waals surface area contributed by atoms with E-state index in [1.807, 2.05) is 30.3 Å². The Hall–Kier alpha value is -4.18. The lowest BCUT2D eigenvalue weighted by Crippen LogP contribution is -2.36. The van der Waals surface area contributed by atoms with Gasteiger partial charge in [0.05, 0.1) is 30.9 Å². The Bertz CT molecular complexity index is 1300. The second kappa shape index (κ2) is 8.75. The van der Waals surface area contributed by atoms with Crippen LogP contribution in [0.2, 0.25) is 0 Å². The van der Waals surface area contributed by atoms with Gasteiger partial charge in [0.15, 0.2) is 11.4 Å². The maximum Gasteiger partial charge on any atom is 0.311 e. The number of nitrogens with one attached hydrogen (secondary N) is 1.